The quantitative estimate of drug-likeness (QED) is 0.842. The van der Waals surface area contributed by atoms with Gasteiger partial charge in [0.1, 0.15) is 5.75 Å². The molecule has 0 saturated carbocycles. The van der Waals surface area contributed by atoms with Gasteiger partial charge in [-0.2, -0.15) is 0 Å². The van der Waals surface area contributed by atoms with Crippen molar-refractivity contribution >= 4 is 15.9 Å². The number of methoxy groups -OCH3 is 1. The summed E-state index contributed by atoms with van der Waals surface area (Å²) in [5.74, 6) is 0.893. The number of ether oxygens (including phenoxy) is 1. The van der Waals surface area contributed by atoms with Crippen LogP contribution in [-0.4, -0.2) is 7.11 Å². The van der Waals surface area contributed by atoms with Gasteiger partial charge < -0.3 is 10.1 Å². The molecule has 106 valence electrons. The summed E-state index contributed by atoms with van der Waals surface area (Å²) in [6, 6.07) is 17.0. The molecule has 0 aromatic heterocycles. The zero-order valence-corrected chi connectivity index (χ0v) is 13.6. The van der Waals surface area contributed by atoms with Gasteiger partial charge in [-0.3, -0.25) is 0 Å². The van der Waals surface area contributed by atoms with Crippen molar-refractivity contribution < 1.29 is 4.74 Å². The minimum Gasteiger partial charge on any atom is -0.497 e. The Morgan fingerprint density at radius 1 is 1.00 bits per heavy atom. The van der Waals surface area contributed by atoms with E-state index in [-0.39, 0.29) is 12.1 Å². The Labute approximate surface area is 129 Å². The van der Waals surface area contributed by atoms with E-state index in [0.29, 0.717) is 0 Å². The van der Waals surface area contributed by atoms with Gasteiger partial charge in [0, 0.05) is 16.6 Å². The average molecular weight is 334 g/mol. The fraction of sp³-hybridized carbons (Fsp3) is 0.294. The molecule has 0 fully saturated rings. The summed E-state index contributed by atoms with van der Waals surface area (Å²) in [4.78, 5) is 0. The van der Waals surface area contributed by atoms with Crippen LogP contribution in [0.2, 0.25) is 0 Å². The van der Waals surface area contributed by atoms with E-state index in [0.717, 1.165) is 10.2 Å². The van der Waals surface area contributed by atoms with Crippen molar-refractivity contribution in [2.45, 2.75) is 25.9 Å². The lowest BCUT2D eigenvalue weighted by Crippen LogP contribution is -2.22. The van der Waals surface area contributed by atoms with Gasteiger partial charge in [-0.25, -0.2) is 0 Å². The van der Waals surface area contributed by atoms with Gasteiger partial charge in [-0.15, -0.1) is 0 Å². The van der Waals surface area contributed by atoms with Gasteiger partial charge in [0.15, 0.2) is 0 Å². The summed E-state index contributed by atoms with van der Waals surface area (Å²) in [5.41, 5.74) is 2.49. The summed E-state index contributed by atoms with van der Waals surface area (Å²) in [7, 11) is 1.70. The number of benzene rings is 2. The molecule has 0 radical (unpaired) electrons. The molecule has 1 unspecified atom stereocenters. The highest BCUT2D eigenvalue weighted by Gasteiger charge is 2.13. The number of halogens is 1. The third kappa shape index (κ3) is 3.62. The summed E-state index contributed by atoms with van der Waals surface area (Å²) in [5, 5.41) is 3.62. The molecule has 0 heterocycles. The minimum absolute atomic E-state index is 0.257. The Morgan fingerprint density at radius 3 is 2.45 bits per heavy atom. The fourth-order valence-electron chi connectivity index (χ4n) is 2.30. The smallest absolute Gasteiger partial charge is 0.119 e. The van der Waals surface area contributed by atoms with Crippen LogP contribution in [0.5, 0.6) is 5.75 Å². The first kappa shape index (κ1) is 15.1. The first-order valence-electron chi connectivity index (χ1n) is 6.76. The normalized spacial score (nSPS) is 13.8. The van der Waals surface area contributed by atoms with Gasteiger partial charge in [0.2, 0.25) is 0 Å². The molecule has 0 amide bonds. The maximum atomic E-state index is 5.28. The Hall–Kier alpha value is -1.32. The highest BCUT2D eigenvalue weighted by molar-refractivity contribution is 9.10. The predicted octanol–water partition coefficient (Wildman–Crippen LogP) is 4.87. The molecular weight excluding hydrogens is 314 g/mol. The molecule has 0 bridgehead atoms. The molecule has 2 aromatic rings. The molecule has 0 aliphatic carbocycles. The van der Waals surface area contributed by atoms with Crippen LogP contribution < -0.4 is 10.1 Å². The van der Waals surface area contributed by atoms with Crippen molar-refractivity contribution in [2.24, 2.45) is 0 Å². The summed E-state index contributed by atoms with van der Waals surface area (Å²) >= 11 is 3.61. The van der Waals surface area contributed by atoms with E-state index in [1.807, 2.05) is 18.2 Å². The number of rotatable bonds is 5. The zero-order valence-electron chi connectivity index (χ0n) is 12.1. The molecule has 2 aromatic carbocycles. The Morgan fingerprint density at radius 2 is 1.75 bits per heavy atom. The monoisotopic (exact) mass is 333 g/mol. The van der Waals surface area contributed by atoms with E-state index in [1.165, 1.54) is 11.1 Å². The van der Waals surface area contributed by atoms with Crippen molar-refractivity contribution in [3.63, 3.8) is 0 Å². The van der Waals surface area contributed by atoms with Crippen molar-refractivity contribution in [2.75, 3.05) is 7.11 Å². The van der Waals surface area contributed by atoms with Crippen molar-refractivity contribution in [1.29, 1.82) is 0 Å². The fourth-order valence-corrected chi connectivity index (χ4v) is 2.93. The summed E-state index contributed by atoms with van der Waals surface area (Å²) < 4.78 is 6.42. The predicted molar refractivity (Wildman–Crippen MR) is 87.1 cm³/mol. The van der Waals surface area contributed by atoms with Crippen LogP contribution in [0.3, 0.4) is 0 Å². The Balaban J connectivity index is 2.11. The van der Waals surface area contributed by atoms with Crippen LogP contribution in [0.15, 0.2) is 53.0 Å². The maximum Gasteiger partial charge on any atom is 0.119 e. The maximum absolute atomic E-state index is 5.28. The molecule has 20 heavy (non-hydrogen) atoms. The molecule has 0 aliphatic rings. The molecule has 0 spiro atoms. The first-order chi connectivity index (χ1) is 9.61. The second-order valence-electron chi connectivity index (χ2n) is 4.91. The van der Waals surface area contributed by atoms with E-state index < -0.39 is 0 Å². The first-order valence-corrected chi connectivity index (χ1v) is 7.55. The number of nitrogens with one attached hydrogen (secondary N) is 1. The molecule has 0 aliphatic heterocycles. The van der Waals surface area contributed by atoms with Crippen molar-refractivity contribution in [1.82, 2.24) is 5.32 Å². The molecule has 3 heteroatoms. The molecule has 0 saturated heterocycles. The van der Waals surface area contributed by atoms with Crippen LogP contribution in [0.1, 0.15) is 37.1 Å². The number of hydrogen-bond donors (Lipinski definition) is 1. The highest BCUT2D eigenvalue weighted by atomic mass is 79.9. The number of hydrogen-bond acceptors (Lipinski definition) is 2. The molecule has 2 nitrogen and oxygen atoms in total. The van der Waals surface area contributed by atoms with Gasteiger partial charge in [-0.05, 0) is 43.2 Å². The third-order valence-electron chi connectivity index (χ3n) is 3.47. The van der Waals surface area contributed by atoms with Crippen LogP contribution >= 0.6 is 15.9 Å². The van der Waals surface area contributed by atoms with Gasteiger partial charge >= 0.3 is 0 Å². The Kier molecular flexibility index (Phi) is 5.21. The largest absolute Gasteiger partial charge is 0.497 e. The van der Waals surface area contributed by atoms with E-state index in [2.05, 4.69) is 65.4 Å². The molecule has 1 N–H and O–H groups in total. The molecule has 2 rings (SSSR count). The summed E-state index contributed by atoms with van der Waals surface area (Å²) in [6.45, 7) is 4.35. The Bertz CT molecular complexity index is 570. The lowest BCUT2D eigenvalue weighted by molar-refractivity contribution is 0.412. The van der Waals surface area contributed by atoms with Crippen LogP contribution in [-0.2, 0) is 0 Å². The standard InChI is InChI=1S/C17H20BrNO/c1-12(14-7-6-8-15(11-14)20-3)19-13(2)16-9-4-5-10-17(16)18/h4-13,19H,1-3H3/t12?,13-/m0/s1. The van der Waals surface area contributed by atoms with E-state index in [9.17, 15) is 0 Å². The van der Waals surface area contributed by atoms with E-state index in [1.54, 1.807) is 7.11 Å². The van der Waals surface area contributed by atoms with Gasteiger partial charge in [-0.1, -0.05) is 46.3 Å². The van der Waals surface area contributed by atoms with Crippen LogP contribution in [0.4, 0.5) is 0 Å². The van der Waals surface area contributed by atoms with Crippen molar-refractivity contribution in [3.05, 3.63) is 64.1 Å². The van der Waals surface area contributed by atoms with E-state index in [4.69, 9.17) is 4.74 Å². The second-order valence-corrected chi connectivity index (χ2v) is 5.76. The van der Waals surface area contributed by atoms with Crippen molar-refractivity contribution in [3.8, 4) is 5.75 Å². The van der Waals surface area contributed by atoms with Crippen LogP contribution in [0.25, 0.3) is 0 Å². The zero-order chi connectivity index (χ0) is 14.5. The minimum atomic E-state index is 0.257. The lowest BCUT2D eigenvalue weighted by atomic mass is 10.0. The topological polar surface area (TPSA) is 21.3 Å². The van der Waals surface area contributed by atoms with Gasteiger partial charge in [0.25, 0.3) is 0 Å². The highest BCUT2D eigenvalue weighted by Crippen LogP contribution is 2.26. The third-order valence-corrected chi connectivity index (χ3v) is 4.19. The van der Waals surface area contributed by atoms with E-state index >= 15 is 0 Å². The SMILES string of the molecule is COc1cccc(C(C)N[C@@H](C)c2ccccc2Br)c1. The lowest BCUT2D eigenvalue weighted by Gasteiger charge is -2.22. The second kappa shape index (κ2) is 6.91. The average Bonchev–Trinajstić information content (AvgIpc) is 2.47. The van der Waals surface area contributed by atoms with Gasteiger partial charge in [0.05, 0.1) is 7.11 Å². The molecule has 2 atom stereocenters. The van der Waals surface area contributed by atoms with Crippen LogP contribution in [0, 0.1) is 0 Å². The summed E-state index contributed by atoms with van der Waals surface area (Å²) in [6.07, 6.45) is 0. The molecular formula is C17H20BrNO.